The van der Waals surface area contributed by atoms with Crippen molar-refractivity contribution in [3.8, 4) is 0 Å². The predicted octanol–water partition coefficient (Wildman–Crippen LogP) is 2.41. The fraction of sp³-hybridized carbons (Fsp3) is 0.600. The lowest BCUT2D eigenvalue weighted by molar-refractivity contribution is 0.194. The van der Waals surface area contributed by atoms with Crippen LogP contribution in [0.2, 0.25) is 0 Å². The van der Waals surface area contributed by atoms with Gasteiger partial charge in [0.05, 0.1) is 6.10 Å². The number of rotatable bonds is 5. The number of benzene rings is 1. The number of hydrogen-bond donors (Lipinski definition) is 1. The van der Waals surface area contributed by atoms with E-state index in [-0.39, 0.29) is 5.82 Å². The molecule has 0 bridgehead atoms. The maximum absolute atomic E-state index is 13.8. The first-order chi connectivity index (χ1) is 9.09. The number of halogens is 1. The summed E-state index contributed by atoms with van der Waals surface area (Å²) in [7, 11) is 1.96. The van der Waals surface area contributed by atoms with Crippen LogP contribution in [0.15, 0.2) is 18.2 Å². The van der Waals surface area contributed by atoms with Crippen LogP contribution in [0.5, 0.6) is 0 Å². The molecule has 1 aliphatic heterocycles. The third kappa shape index (κ3) is 3.45. The molecule has 0 aromatic heterocycles. The van der Waals surface area contributed by atoms with Crippen LogP contribution in [0, 0.1) is 5.82 Å². The van der Waals surface area contributed by atoms with Crippen LogP contribution in [0.4, 0.5) is 10.1 Å². The van der Waals surface area contributed by atoms with E-state index in [2.05, 4.69) is 4.90 Å². The largest absolute Gasteiger partial charge is 0.389 e. The fourth-order valence-electron chi connectivity index (χ4n) is 2.69. The Hall–Kier alpha value is -1.13. The smallest absolute Gasteiger partial charge is 0.131 e. The summed E-state index contributed by atoms with van der Waals surface area (Å²) in [5.41, 5.74) is 1.18. The Morgan fingerprint density at radius 3 is 2.68 bits per heavy atom. The zero-order valence-electron chi connectivity index (χ0n) is 11.8. The van der Waals surface area contributed by atoms with Gasteiger partial charge in [-0.3, -0.25) is 0 Å². The average molecular weight is 266 g/mol. The maximum Gasteiger partial charge on any atom is 0.131 e. The Morgan fingerprint density at radius 2 is 2.05 bits per heavy atom. The van der Waals surface area contributed by atoms with Gasteiger partial charge in [-0.15, -0.1) is 0 Å². The minimum atomic E-state index is -0.787. The van der Waals surface area contributed by atoms with E-state index in [9.17, 15) is 9.50 Å². The molecule has 3 nitrogen and oxygen atoms in total. The second-order valence-corrected chi connectivity index (χ2v) is 5.32. The standard InChI is InChI=1S/C15H23FN2O/c1-12(19)15-13(16)6-5-7-14(15)17(2)10-11-18-8-3-4-9-18/h5-7,12,19H,3-4,8-11H2,1-2H3/t12-/m0/s1. The summed E-state index contributed by atoms with van der Waals surface area (Å²) in [6.07, 6.45) is 1.77. The quantitative estimate of drug-likeness (QED) is 0.886. The molecule has 0 radical (unpaired) electrons. The highest BCUT2D eigenvalue weighted by molar-refractivity contribution is 5.54. The van der Waals surface area contributed by atoms with Crippen molar-refractivity contribution in [1.82, 2.24) is 4.90 Å². The van der Waals surface area contributed by atoms with Crippen molar-refractivity contribution < 1.29 is 9.50 Å². The monoisotopic (exact) mass is 266 g/mol. The molecular weight excluding hydrogens is 243 g/mol. The third-order valence-corrected chi connectivity index (χ3v) is 3.81. The molecule has 0 saturated carbocycles. The predicted molar refractivity (Wildman–Crippen MR) is 76.0 cm³/mol. The number of nitrogens with zero attached hydrogens (tertiary/aromatic N) is 2. The molecule has 1 N–H and O–H groups in total. The maximum atomic E-state index is 13.8. The minimum Gasteiger partial charge on any atom is -0.389 e. The molecule has 1 saturated heterocycles. The highest BCUT2D eigenvalue weighted by Crippen LogP contribution is 2.28. The van der Waals surface area contributed by atoms with Crippen molar-refractivity contribution in [2.24, 2.45) is 0 Å². The average Bonchev–Trinajstić information content (AvgIpc) is 2.88. The first kappa shape index (κ1) is 14.3. The number of aliphatic hydroxyl groups is 1. The van der Waals surface area contributed by atoms with Gasteiger partial charge in [0.2, 0.25) is 0 Å². The van der Waals surface area contributed by atoms with Crippen molar-refractivity contribution in [2.75, 3.05) is 38.1 Å². The number of likely N-dealkylation sites (N-methyl/N-ethyl adjacent to an activating group) is 1. The van der Waals surface area contributed by atoms with Gasteiger partial charge in [-0.1, -0.05) is 6.07 Å². The number of anilines is 1. The van der Waals surface area contributed by atoms with Crippen LogP contribution >= 0.6 is 0 Å². The number of aliphatic hydroxyl groups excluding tert-OH is 1. The normalized spacial score (nSPS) is 17.7. The first-order valence-corrected chi connectivity index (χ1v) is 6.99. The summed E-state index contributed by atoms with van der Waals surface area (Å²) in [4.78, 5) is 4.46. The van der Waals surface area contributed by atoms with Gasteiger partial charge in [0.15, 0.2) is 0 Å². The molecule has 1 heterocycles. The van der Waals surface area contributed by atoms with E-state index < -0.39 is 6.10 Å². The lowest BCUT2D eigenvalue weighted by Crippen LogP contribution is -2.32. The summed E-state index contributed by atoms with van der Waals surface area (Å²) in [6.45, 7) is 5.78. The van der Waals surface area contributed by atoms with Gasteiger partial charge in [0, 0.05) is 31.4 Å². The van der Waals surface area contributed by atoms with Crippen LogP contribution in [-0.2, 0) is 0 Å². The zero-order chi connectivity index (χ0) is 13.8. The lowest BCUT2D eigenvalue weighted by Gasteiger charge is -2.26. The Labute approximate surface area is 114 Å². The zero-order valence-corrected chi connectivity index (χ0v) is 11.8. The Kier molecular flexibility index (Phi) is 4.77. The van der Waals surface area contributed by atoms with Crippen LogP contribution < -0.4 is 4.90 Å². The summed E-state index contributed by atoms with van der Waals surface area (Å²) in [5.74, 6) is -0.333. The minimum absolute atomic E-state index is 0.333. The lowest BCUT2D eigenvalue weighted by atomic mass is 10.1. The molecule has 1 aromatic rings. The van der Waals surface area contributed by atoms with Gasteiger partial charge < -0.3 is 14.9 Å². The summed E-state index contributed by atoms with van der Waals surface area (Å²) in [6, 6.07) is 4.97. The molecule has 1 aromatic carbocycles. The summed E-state index contributed by atoms with van der Waals surface area (Å²) in [5, 5.41) is 9.74. The molecule has 0 amide bonds. The Bertz CT molecular complexity index is 417. The molecule has 2 rings (SSSR count). The molecule has 0 unspecified atom stereocenters. The third-order valence-electron chi connectivity index (χ3n) is 3.81. The van der Waals surface area contributed by atoms with Gasteiger partial charge in [0.1, 0.15) is 5.82 Å². The Balaban J connectivity index is 2.05. The second kappa shape index (κ2) is 6.35. The van der Waals surface area contributed by atoms with Crippen molar-refractivity contribution in [2.45, 2.75) is 25.9 Å². The topological polar surface area (TPSA) is 26.7 Å². The SMILES string of the molecule is C[C@H](O)c1c(F)cccc1N(C)CCN1CCCC1. The van der Waals surface area contributed by atoms with Crippen molar-refractivity contribution in [3.63, 3.8) is 0 Å². The molecule has 1 fully saturated rings. The van der Waals surface area contributed by atoms with Gasteiger partial charge in [-0.2, -0.15) is 0 Å². The highest BCUT2D eigenvalue weighted by Gasteiger charge is 2.17. The molecule has 1 atom stereocenters. The van der Waals surface area contributed by atoms with E-state index >= 15 is 0 Å². The molecule has 1 aliphatic rings. The van der Waals surface area contributed by atoms with E-state index in [0.29, 0.717) is 5.56 Å². The molecule has 0 aliphatic carbocycles. The molecule has 19 heavy (non-hydrogen) atoms. The van der Waals surface area contributed by atoms with Crippen LogP contribution in [-0.4, -0.2) is 43.2 Å². The Morgan fingerprint density at radius 1 is 1.37 bits per heavy atom. The van der Waals surface area contributed by atoms with Crippen LogP contribution in [0.1, 0.15) is 31.4 Å². The van der Waals surface area contributed by atoms with E-state index in [1.54, 1.807) is 13.0 Å². The summed E-state index contributed by atoms with van der Waals surface area (Å²) >= 11 is 0. The van der Waals surface area contributed by atoms with Gasteiger partial charge in [-0.25, -0.2) is 4.39 Å². The first-order valence-electron chi connectivity index (χ1n) is 6.99. The van der Waals surface area contributed by atoms with Crippen LogP contribution in [0.25, 0.3) is 0 Å². The van der Waals surface area contributed by atoms with Crippen molar-refractivity contribution in [3.05, 3.63) is 29.6 Å². The van der Waals surface area contributed by atoms with Crippen molar-refractivity contribution >= 4 is 5.69 Å². The molecule has 0 spiro atoms. The summed E-state index contributed by atoms with van der Waals surface area (Å²) < 4.78 is 13.8. The molecular formula is C15H23FN2O. The van der Waals surface area contributed by atoms with Crippen LogP contribution in [0.3, 0.4) is 0 Å². The number of likely N-dealkylation sites (tertiary alicyclic amines) is 1. The molecule has 106 valence electrons. The van der Waals surface area contributed by atoms with Gasteiger partial charge in [0.25, 0.3) is 0 Å². The van der Waals surface area contributed by atoms with Gasteiger partial charge >= 0.3 is 0 Å². The van der Waals surface area contributed by atoms with Crippen molar-refractivity contribution in [1.29, 1.82) is 0 Å². The fourth-order valence-corrected chi connectivity index (χ4v) is 2.69. The highest BCUT2D eigenvalue weighted by atomic mass is 19.1. The van der Waals surface area contributed by atoms with E-state index in [1.807, 2.05) is 18.0 Å². The molecule has 4 heteroatoms. The second-order valence-electron chi connectivity index (χ2n) is 5.32. The van der Waals surface area contributed by atoms with E-state index in [1.165, 1.54) is 32.0 Å². The van der Waals surface area contributed by atoms with E-state index in [0.717, 1.165) is 18.8 Å². The van der Waals surface area contributed by atoms with E-state index in [4.69, 9.17) is 0 Å². The van der Waals surface area contributed by atoms with Gasteiger partial charge in [-0.05, 0) is 45.0 Å². The number of hydrogen-bond acceptors (Lipinski definition) is 3.